The van der Waals surface area contributed by atoms with Crippen LogP contribution in [0.25, 0.3) is 0 Å². The van der Waals surface area contributed by atoms with Gasteiger partial charge in [-0.25, -0.2) is 0 Å². The molecule has 0 saturated carbocycles. The van der Waals surface area contributed by atoms with Gasteiger partial charge in [0.1, 0.15) is 0 Å². The third-order valence-electron chi connectivity index (χ3n) is 0.500. The van der Waals surface area contributed by atoms with Crippen molar-refractivity contribution in [2.45, 2.75) is 13.8 Å². The predicted octanol–water partition coefficient (Wildman–Crippen LogP) is 0.235. The first kappa shape index (κ1) is 9.75. The van der Waals surface area contributed by atoms with Crippen molar-refractivity contribution >= 4 is 18.9 Å². The summed E-state index contributed by atoms with van der Waals surface area (Å²) in [4.78, 5) is 0. The van der Waals surface area contributed by atoms with Gasteiger partial charge in [0.2, 0.25) is 0 Å². The molecule has 0 amide bonds. The van der Waals surface area contributed by atoms with E-state index in [1.165, 1.54) is 0 Å². The van der Waals surface area contributed by atoms with E-state index in [0.717, 1.165) is 13.1 Å². The van der Waals surface area contributed by atoms with Crippen molar-refractivity contribution in [2.24, 2.45) is 0 Å². The van der Waals surface area contributed by atoms with Crippen LogP contribution in [0.5, 0.6) is 0 Å². The topological polar surface area (TPSA) is 12.0 Å². The molecule has 2 heteroatoms. The Balaban J connectivity index is 0. The molecule has 0 aliphatic heterocycles. The standard InChI is InChI=1S/C4H11N.Li/c1-3-5-4-2;/h5H,3-4H2,1-2H3;. The van der Waals surface area contributed by atoms with E-state index < -0.39 is 0 Å². The zero-order valence-electron chi connectivity index (χ0n) is 4.91. The Labute approximate surface area is 51.7 Å². The summed E-state index contributed by atoms with van der Waals surface area (Å²) in [5, 5.41) is 3.11. The molecular formula is C4H11LiN. The van der Waals surface area contributed by atoms with Gasteiger partial charge in [0.05, 0.1) is 0 Å². The second kappa shape index (κ2) is 9.12. The molecule has 0 rings (SSSR count). The first-order chi connectivity index (χ1) is 2.41. The molecule has 0 aliphatic carbocycles. The van der Waals surface area contributed by atoms with Crippen molar-refractivity contribution in [1.82, 2.24) is 5.32 Å². The zero-order valence-corrected chi connectivity index (χ0v) is 4.91. The minimum Gasteiger partial charge on any atom is -0.317 e. The SMILES string of the molecule is CCNCC.[Li]. The van der Waals surface area contributed by atoms with Gasteiger partial charge in [-0.2, -0.15) is 0 Å². The molecule has 0 aromatic heterocycles. The Morgan fingerprint density at radius 2 is 1.50 bits per heavy atom. The summed E-state index contributed by atoms with van der Waals surface area (Å²) in [7, 11) is 0. The zero-order chi connectivity index (χ0) is 4.12. The molecule has 0 aromatic carbocycles. The van der Waals surface area contributed by atoms with E-state index >= 15 is 0 Å². The van der Waals surface area contributed by atoms with E-state index in [9.17, 15) is 0 Å². The van der Waals surface area contributed by atoms with Gasteiger partial charge in [-0.3, -0.25) is 0 Å². The van der Waals surface area contributed by atoms with Crippen LogP contribution < -0.4 is 5.32 Å². The Hall–Kier alpha value is 0.557. The number of rotatable bonds is 2. The Kier molecular flexibility index (Phi) is 14.8. The Bertz CT molecular complexity index is 15.0. The normalized spacial score (nSPS) is 7.00. The van der Waals surface area contributed by atoms with E-state index in [1.807, 2.05) is 0 Å². The van der Waals surface area contributed by atoms with Gasteiger partial charge in [0.15, 0.2) is 0 Å². The van der Waals surface area contributed by atoms with Crippen LogP contribution >= 0.6 is 0 Å². The Morgan fingerprint density at radius 3 is 1.50 bits per heavy atom. The fraction of sp³-hybridized carbons (Fsp3) is 1.00. The minimum atomic E-state index is 0. The summed E-state index contributed by atoms with van der Waals surface area (Å²) in [6, 6.07) is 0. The fourth-order valence-corrected chi connectivity index (χ4v) is 0.250. The van der Waals surface area contributed by atoms with Crippen molar-refractivity contribution in [2.75, 3.05) is 13.1 Å². The van der Waals surface area contributed by atoms with Crippen molar-refractivity contribution in [3.05, 3.63) is 0 Å². The summed E-state index contributed by atoms with van der Waals surface area (Å²) in [5.74, 6) is 0. The van der Waals surface area contributed by atoms with Crippen molar-refractivity contribution in [3.63, 3.8) is 0 Å². The minimum absolute atomic E-state index is 0. The summed E-state index contributed by atoms with van der Waals surface area (Å²) in [6.45, 7) is 6.39. The molecule has 0 bridgehead atoms. The molecule has 0 aromatic rings. The van der Waals surface area contributed by atoms with Crippen LogP contribution in [0.1, 0.15) is 13.8 Å². The number of hydrogen-bond donors (Lipinski definition) is 1. The van der Waals surface area contributed by atoms with Crippen LogP contribution in [0.4, 0.5) is 0 Å². The molecule has 1 radical (unpaired) electrons. The van der Waals surface area contributed by atoms with E-state index in [2.05, 4.69) is 19.2 Å². The van der Waals surface area contributed by atoms with Gasteiger partial charge in [-0.1, -0.05) is 13.8 Å². The van der Waals surface area contributed by atoms with Gasteiger partial charge in [-0.15, -0.1) is 0 Å². The molecule has 1 N–H and O–H groups in total. The van der Waals surface area contributed by atoms with Gasteiger partial charge in [0.25, 0.3) is 0 Å². The molecule has 33 valence electrons. The predicted molar refractivity (Wildman–Crippen MR) is 30.0 cm³/mol. The molecule has 0 spiro atoms. The summed E-state index contributed by atoms with van der Waals surface area (Å²) < 4.78 is 0. The van der Waals surface area contributed by atoms with Crippen molar-refractivity contribution in [3.8, 4) is 0 Å². The summed E-state index contributed by atoms with van der Waals surface area (Å²) in [6.07, 6.45) is 0. The number of nitrogens with one attached hydrogen (secondary N) is 1. The maximum absolute atomic E-state index is 3.11. The second-order valence-electron chi connectivity index (χ2n) is 0.957. The first-order valence-corrected chi connectivity index (χ1v) is 2.12. The maximum Gasteiger partial charge on any atom is 0 e. The summed E-state index contributed by atoms with van der Waals surface area (Å²) in [5.41, 5.74) is 0. The van der Waals surface area contributed by atoms with E-state index in [0.29, 0.717) is 0 Å². The van der Waals surface area contributed by atoms with E-state index in [4.69, 9.17) is 0 Å². The number of hydrogen-bond acceptors (Lipinski definition) is 1. The molecule has 0 atom stereocenters. The van der Waals surface area contributed by atoms with E-state index in [-0.39, 0.29) is 18.9 Å². The van der Waals surface area contributed by atoms with Crippen LogP contribution in [-0.4, -0.2) is 32.0 Å². The average Bonchev–Trinajstić information content (AvgIpc) is 1.41. The first-order valence-electron chi connectivity index (χ1n) is 2.12. The second-order valence-corrected chi connectivity index (χ2v) is 0.957. The van der Waals surface area contributed by atoms with Crippen molar-refractivity contribution < 1.29 is 0 Å². The van der Waals surface area contributed by atoms with Crippen molar-refractivity contribution in [1.29, 1.82) is 0 Å². The maximum atomic E-state index is 3.11. The fourth-order valence-electron chi connectivity index (χ4n) is 0.250. The Morgan fingerprint density at radius 1 is 1.17 bits per heavy atom. The third kappa shape index (κ3) is 8.82. The smallest absolute Gasteiger partial charge is 0 e. The molecule has 0 fully saturated rings. The van der Waals surface area contributed by atoms with Crippen LogP contribution in [0.15, 0.2) is 0 Å². The molecule has 1 nitrogen and oxygen atoms in total. The molecule has 0 unspecified atom stereocenters. The molecule has 0 aliphatic rings. The average molecular weight is 80.1 g/mol. The van der Waals surface area contributed by atoms with Gasteiger partial charge in [-0.05, 0) is 13.1 Å². The summed E-state index contributed by atoms with van der Waals surface area (Å²) >= 11 is 0. The largest absolute Gasteiger partial charge is 0.317 e. The van der Waals surface area contributed by atoms with Crippen LogP contribution in [0, 0.1) is 0 Å². The monoisotopic (exact) mass is 80.1 g/mol. The third-order valence-corrected chi connectivity index (χ3v) is 0.500. The molecule has 0 heterocycles. The molecular weight excluding hydrogens is 69.0 g/mol. The van der Waals surface area contributed by atoms with Gasteiger partial charge >= 0.3 is 0 Å². The van der Waals surface area contributed by atoms with Crippen LogP contribution in [-0.2, 0) is 0 Å². The molecule has 0 saturated heterocycles. The molecule has 6 heavy (non-hydrogen) atoms. The van der Waals surface area contributed by atoms with Crippen LogP contribution in [0.3, 0.4) is 0 Å². The van der Waals surface area contributed by atoms with Gasteiger partial charge < -0.3 is 5.32 Å². The van der Waals surface area contributed by atoms with Gasteiger partial charge in [0, 0.05) is 18.9 Å². The quantitative estimate of drug-likeness (QED) is 0.468. The van der Waals surface area contributed by atoms with Crippen LogP contribution in [0.2, 0.25) is 0 Å². The van der Waals surface area contributed by atoms with E-state index in [1.54, 1.807) is 0 Å².